The van der Waals surface area contributed by atoms with Gasteiger partial charge in [0.05, 0.1) is 38.3 Å². The lowest BCUT2D eigenvalue weighted by atomic mass is 9.99. The minimum absolute atomic E-state index is 0.0705. The second-order valence-electron chi connectivity index (χ2n) is 10.0. The van der Waals surface area contributed by atoms with Crippen LogP contribution in [0.4, 0.5) is 29.3 Å². The smallest absolute Gasteiger partial charge is 0.389 e. The summed E-state index contributed by atoms with van der Waals surface area (Å²) >= 11 is 0. The molecule has 224 valence electrons. The molecule has 3 rings (SSSR count). The lowest BCUT2D eigenvalue weighted by Crippen LogP contribution is -2.50. The summed E-state index contributed by atoms with van der Waals surface area (Å²) in [6.45, 7) is 3.58. The Balaban J connectivity index is 1.81. The normalized spacial score (nSPS) is 17.9. The first kappa shape index (κ1) is 31.5. The van der Waals surface area contributed by atoms with Gasteiger partial charge in [-0.25, -0.2) is 4.79 Å². The van der Waals surface area contributed by atoms with Gasteiger partial charge in [0.2, 0.25) is 5.91 Å². The fourth-order valence-electron chi connectivity index (χ4n) is 4.24. The van der Waals surface area contributed by atoms with Crippen LogP contribution in [0, 0.1) is 5.92 Å². The number of urea groups is 1. The number of hydrogen-bond acceptors (Lipinski definition) is 6. The van der Waals surface area contributed by atoms with Crippen molar-refractivity contribution in [2.75, 3.05) is 44.5 Å². The number of benzene rings is 2. The molecule has 2 aromatic carbocycles. The number of nitrogens with one attached hydrogen (secondary N) is 2. The maximum Gasteiger partial charge on any atom is 0.389 e. The Bertz CT molecular complexity index is 1220. The number of carbonyl (C=O) groups excluding carboxylic acids is 3. The Labute approximate surface area is 236 Å². The maximum atomic E-state index is 13.5. The van der Waals surface area contributed by atoms with Gasteiger partial charge in [-0.1, -0.05) is 6.92 Å². The Morgan fingerprint density at radius 3 is 2.44 bits per heavy atom. The number of anilines is 2. The van der Waals surface area contributed by atoms with Crippen molar-refractivity contribution in [3.63, 3.8) is 0 Å². The molecular weight excluding hydrogens is 545 g/mol. The van der Waals surface area contributed by atoms with E-state index < -0.39 is 43.0 Å². The number of aliphatic hydroxyl groups is 1. The molecule has 0 unspecified atom stereocenters. The number of rotatable bonds is 9. The van der Waals surface area contributed by atoms with E-state index in [1.165, 1.54) is 28.0 Å². The number of ether oxygens (including phenoxy) is 2. The minimum Gasteiger partial charge on any atom is -0.497 e. The Morgan fingerprint density at radius 1 is 1.17 bits per heavy atom. The highest BCUT2D eigenvalue weighted by molar-refractivity contribution is 6.00. The van der Waals surface area contributed by atoms with Crippen LogP contribution < -0.4 is 20.1 Å². The van der Waals surface area contributed by atoms with E-state index in [2.05, 4.69) is 10.6 Å². The molecule has 4 amide bonds. The van der Waals surface area contributed by atoms with E-state index >= 15 is 0 Å². The number of amides is 4. The van der Waals surface area contributed by atoms with Crippen LogP contribution in [0.5, 0.6) is 11.5 Å². The standard InChI is InChI=1S/C28H35F3N4O6/c1-17-14-35(18(2)16-36)26(38)22-13-20(32-25(37)11-12-28(29,30)31)7-10-23(22)41-24(17)15-34(3)27(39)33-19-5-8-21(40-4)9-6-19/h5-10,13,17-18,24,36H,11-12,14-16H2,1-4H3,(H,32,37)(H,33,39)/t17-,18+,24+/m1/s1. The van der Waals surface area contributed by atoms with Gasteiger partial charge in [0, 0.05) is 37.3 Å². The summed E-state index contributed by atoms with van der Waals surface area (Å²) in [6, 6.07) is 10.1. The van der Waals surface area contributed by atoms with Crippen molar-refractivity contribution in [1.29, 1.82) is 0 Å². The zero-order valence-electron chi connectivity index (χ0n) is 23.3. The molecule has 0 radical (unpaired) electrons. The van der Waals surface area contributed by atoms with Gasteiger partial charge in [-0.2, -0.15) is 13.2 Å². The first-order chi connectivity index (χ1) is 19.3. The van der Waals surface area contributed by atoms with Gasteiger partial charge in [-0.15, -0.1) is 0 Å². The molecule has 3 N–H and O–H groups in total. The number of aliphatic hydroxyl groups excluding tert-OH is 1. The van der Waals surface area contributed by atoms with E-state index in [0.29, 0.717) is 11.4 Å². The van der Waals surface area contributed by atoms with Crippen molar-refractivity contribution in [3.8, 4) is 11.5 Å². The van der Waals surface area contributed by atoms with Crippen LogP contribution in [0.1, 0.15) is 37.0 Å². The van der Waals surface area contributed by atoms with E-state index in [0.717, 1.165) is 0 Å². The largest absolute Gasteiger partial charge is 0.497 e. The molecule has 1 heterocycles. The number of methoxy groups -OCH3 is 1. The summed E-state index contributed by atoms with van der Waals surface area (Å²) < 4.78 is 48.9. The quantitative estimate of drug-likeness (QED) is 0.406. The molecule has 1 aliphatic heterocycles. The van der Waals surface area contributed by atoms with Crippen molar-refractivity contribution in [2.45, 2.75) is 45.0 Å². The highest BCUT2D eigenvalue weighted by Crippen LogP contribution is 2.31. The zero-order chi connectivity index (χ0) is 30.3. The third kappa shape index (κ3) is 8.74. The summed E-state index contributed by atoms with van der Waals surface area (Å²) in [5, 5.41) is 15.0. The van der Waals surface area contributed by atoms with Crippen LogP contribution in [-0.2, 0) is 4.79 Å². The van der Waals surface area contributed by atoms with Crippen LogP contribution in [0.15, 0.2) is 42.5 Å². The lowest BCUT2D eigenvalue weighted by Gasteiger charge is -2.38. The van der Waals surface area contributed by atoms with E-state index in [1.807, 2.05) is 6.92 Å². The topological polar surface area (TPSA) is 120 Å². The van der Waals surface area contributed by atoms with Gasteiger partial charge in [0.1, 0.15) is 17.6 Å². The Kier molecular flexibility index (Phi) is 10.4. The number of fused-ring (bicyclic) bond motifs is 1. The molecule has 1 aliphatic rings. The highest BCUT2D eigenvalue weighted by Gasteiger charge is 2.34. The number of alkyl halides is 3. The predicted molar refractivity (Wildman–Crippen MR) is 146 cm³/mol. The van der Waals surface area contributed by atoms with Crippen molar-refractivity contribution in [3.05, 3.63) is 48.0 Å². The third-order valence-electron chi connectivity index (χ3n) is 6.73. The molecule has 0 fully saturated rings. The van der Waals surface area contributed by atoms with Crippen molar-refractivity contribution in [1.82, 2.24) is 9.80 Å². The fraction of sp³-hybridized carbons (Fsp3) is 0.464. The molecule has 10 nitrogen and oxygen atoms in total. The summed E-state index contributed by atoms with van der Waals surface area (Å²) in [4.78, 5) is 41.4. The molecule has 0 bridgehead atoms. The number of halogens is 3. The number of likely N-dealkylation sites (N-methyl/N-ethyl adjacent to an activating group) is 1. The van der Waals surface area contributed by atoms with Crippen LogP contribution in [0.3, 0.4) is 0 Å². The SMILES string of the molecule is COc1ccc(NC(=O)N(C)C[C@@H]2Oc3ccc(NC(=O)CCC(F)(F)F)cc3C(=O)N([C@@H](C)CO)C[C@H]2C)cc1. The van der Waals surface area contributed by atoms with Crippen LogP contribution in [0.2, 0.25) is 0 Å². The molecule has 2 aromatic rings. The third-order valence-corrected chi connectivity index (χ3v) is 6.73. The fourth-order valence-corrected chi connectivity index (χ4v) is 4.24. The average Bonchev–Trinajstić information content (AvgIpc) is 2.93. The summed E-state index contributed by atoms with van der Waals surface area (Å²) in [7, 11) is 3.15. The van der Waals surface area contributed by atoms with Gasteiger partial charge in [0.15, 0.2) is 0 Å². The molecule has 3 atom stereocenters. The minimum atomic E-state index is -4.47. The Morgan fingerprint density at radius 2 is 1.83 bits per heavy atom. The molecular formula is C28H35F3N4O6. The highest BCUT2D eigenvalue weighted by atomic mass is 19.4. The van der Waals surface area contributed by atoms with Gasteiger partial charge in [0.25, 0.3) is 5.91 Å². The van der Waals surface area contributed by atoms with Crippen molar-refractivity contribution >= 4 is 29.2 Å². The summed E-state index contributed by atoms with van der Waals surface area (Å²) in [5.74, 6) is -0.757. The van der Waals surface area contributed by atoms with Gasteiger partial charge in [-0.3, -0.25) is 9.59 Å². The van der Waals surface area contributed by atoms with Gasteiger partial charge < -0.3 is 35.0 Å². The zero-order valence-corrected chi connectivity index (χ0v) is 23.3. The lowest BCUT2D eigenvalue weighted by molar-refractivity contribution is -0.142. The van der Waals surface area contributed by atoms with Gasteiger partial charge in [-0.05, 0) is 49.4 Å². The van der Waals surface area contributed by atoms with Crippen LogP contribution in [-0.4, -0.2) is 84.9 Å². The molecule has 0 aromatic heterocycles. The monoisotopic (exact) mass is 580 g/mol. The van der Waals surface area contributed by atoms with E-state index in [-0.39, 0.29) is 48.6 Å². The molecule has 0 saturated carbocycles. The van der Waals surface area contributed by atoms with Crippen molar-refractivity contribution < 1.29 is 42.1 Å². The number of hydrogen-bond donors (Lipinski definition) is 3. The maximum absolute atomic E-state index is 13.5. The summed E-state index contributed by atoms with van der Waals surface area (Å²) in [6.07, 6.45) is -7.08. The molecule has 41 heavy (non-hydrogen) atoms. The Hall–Kier alpha value is -4.00. The predicted octanol–water partition coefficient (Wildman–Crippen LogP) is 4.36. The first-order valence-corrected chi connectivity index (χ1v) is 13.1. The number of nitrogens with zero attached hydrogens (tertiary/aromatic N) is 2. The first-order valence-electron chi connectivity index (χ1n) is 13.1. The molecule has 0 aliphatic carbocycles. The van der Waals surface area contributed by atoms with E-state index in [4.69, 9.17) is 9.47 Å². The van der Waals surface area contributed by atoms with Gasteiger partial charge >= 0.3 is 12.2 Å². The van der Waals surface area contributed by atoms with Crippen LogP contribution in [0.25, 0.3) is 0 Å². The second-order valence-corrected chi connectivity index (χ2v) is 10.0. The molecule has 13 heteroatoms. The second kappa shape index (κ2) is 13.6. The van der Waals surface area contributed by atoms with E-state index in [9.17, 15) is 32.7 Å². The molecule has 0 saturated heterocycles. The van der Waals surface area contributed by atoms with E-state index in [1.54, 1.807) is 45.3 Å². The molecule has 0 spiro atoms. The summed E-state index contributed by atoms with van der Waals surface area (Å²) in [5.41, 5.74) is 0.768. The van der Waals surface area contributed by atoms with Crippen molar-refractivity contribution in [2.24, 2.45) is 5.92 Å². The number of carbonyl (C=O) groups is 3. The average molecular weight is 581 g/mol. The van der Waals surface area contributed by atoms with Crippen LogP contribution >= 0.6 is 0 Å².